The van der Waals surface area contributed by atoms with Crippen molar-refractivity contribution in [3.63, 3.8) is 0 Å². The SMILES string of the molecule is NC(=S)c1cc(F)cc(CN2CC3CCC2C3)c1. The van der Waals surface area contributed by atoms with Crippen LogP contribution in [0.3, 0.4) is 0 Å². The van der Waals surface area contributed by atoms with Gasteiger partial charge in [0.15, 0.2) is 0 Å². The fourth-order valence-electron chi connectivity index (χ4n) is 3.34. The highest BCUT2D eigenvalue weighted by molar-refractivity contribution is 7.80. The molecule has 1 saturated carbocycles. The zero-order valence-electron chi connectivity index (χ0n) is 10.2. The van der Waals surface area contributed by atoms with Crippen LogP contribution in [0.1, 0.15) is 30.4 Å². The molecule has 2 atom stereocenters. The van der Waals surface area contributed by atoms with Crippen molar-refractivity contribution in [3.8, 4) is 0 Å². The van der Waals surface area contributed by atoms with Gasteiger partial charge in [-0.15, -0.1) is 0 Å². The van der Waals surface area contributed by atoms with Crippen LogP contribution in [-0.4, -0.2) is 22.5 Å². The Kier molecular flexibility index (Phi) is 3.08. The average molecular weight is 264 g/mol. The number of halogens is 1. The summed E-state index contributed by atoms with van der Waals surface area (Å²) in [5.41, 5.74) is 7.18. The maximum atomic E-state index is 13.5. The second kappa shape index (κ2) is 4.59. The number of rotatable bonds is 3. The van der Waals surface area contributed by atoms with Crippen LogP contribution in [0.2, 0.25) is 0 Å². The van der Waals surface area contributed by atoms with Crippen molar-refractivity contribution >= 4 is 17.2 Å². The molecule has 2 nitrogen and oxygen atoms in total. The van der Waals surface area contributed by atoms with E-state index in [-0.39, 0.29) is 10.8 Å². The highest BCUT2D eigenvalue weighted by atomic mass is 32.1. The number of benzene rings is 1. The molecule has 2 fully saturated rings. The van der Waals surface area contributed by atoms with Gasteiger partial charge in [-0.1, -0.05) is 12.2 Å². The topological polar surface area (TPSA) is 29.3 Å². The monoisotopic (exact) mass is 264 g/mol. The van der Waals surface area contributed by atoms with Gasteiger partial charge in [0.25, 0.3) is 0 Å². The Bertz CT molecular complexity index is 489. The Labute approximate surface area is 112 Å². The minimum absolute atomic E-state index is 0.250. The minimum atomic E-state index is -0.250. The lowest BCUT2D eigenvalue weighted by Gasteiger charge is -2.26. The number of hydrogen-bond donors (Lipinski definition) is 1. The number of thiocarbonyl (C=S) groups is 1. The molecule has 2 unspecified atom stereocenters. The van der Waals surface area contributed by atoms with Gasteiger partial charge in [0, 0.05) is 24.7 Å². The molecule has 18 heavy (non-hydrogen) atoms. The van der Waals surface area contributed by atoms with Crippen LogP contribution >= 0.6 is 12.2 Å². The molecular formula is C14H17FN2S. The molecule has 0 aromatic heterocycles. The summed E-state index contributed by atoms with van der Waals surface area (Å²) < 4.78 is 13.5. The number of nitrogens with zero attached hydrogens (tertiary/aromatic N) is 1. The van der Waals surface area contributed by atoms with E-state index in [1.807, 2.05) is 6.07 Å². The van der Waals surface area contributed by atoms with Gasteiger partial charge in [-0.05, 0) is 48.9 Å². The molecule has 1 saturated heterocycles. The summed E-state index contributed by atoms with van der Waals surface area (Å²) in [4.78, 5) is 2.73. The highest BCUT2D eigenvalue weighted by Gasteiger charge is 2.37. The zero-order chi connectivity index (χ0) is 12.7. The van der Waals surface area contributed by atoms with Gasteiger partial charge < -0.3 is 5.73 Å². The number of likely N-dealkylation sites (tertiary alicyclic amines) is 1. The second-order valence-electron chi connectivity index (χ2n) is 5.47. The van der Waals surface area contributed by atoms with Crippen molar-refractivity contribution in [1.29, 1.82) is 0 Å². The smallest absolute Gasteiger partial charge is 0.124 e. The molecule has 3 rings (SSSR count). The fourth-order valence-corrected chi connectivity index (χ4v) is 3.46. The molecule has 2 aliphatic rings. The minimum Gasteiger partial charge on any atom is -0.389 e. The summed E-state index contributed by atoms with van der Waals surface area (Å²) in [7, 11) is 0. The van der Waals surface area contributed by atoms with E-state index in [4.69, 9.17) is 18.0 Å². The van der Waals surface area contributed by atoms with Crippen LogP contribution < -0.4 is 5.73 Å². The molecule has 96 valence electrons. The molecule has 4 heteroatoms. The predicted octanol–water partition coefficient (Wildman–Crippen LogP) is 2.44. The molecule has 1 aromatic carbocycles. The van der Waals surface area contributed by atoms with Crippen LogP contribution in [0.25, 0.3) is 0 Å². The van der Waals surface area contributed by atoms with Gasteiger partial charge >= 0.3 is 0 Å². The third-order valence-electron chi connectivity index (χ3n) is 4.15. The molecule has 2 bridgehead atoms. The third-order valence-corrected chi connectivity index (χ3v) is 4.39. The molecule has 0 radical (unpaired) electrons. The molecule has 0 amide bonds. The molecule has 2 N–H and O–H groups in total. The lowest BCUT2D eigenvalue weighted by Crippen LogP contribution is -2.31. The zero-order valence-corrected chi connectivity index (χ0v) is 11.0. The lowest BCUT2D eigenvalue weighted by atomic mass is 10.1. The Morgan fingerprint density at radius 1 is 1.39 bits per heavy atom. The first-order chi connectivity index (χ1) is 8.61. The second-order valence-corrected chi connectivity index (χ2v) is 5.91. The lowest BCUT2D eigenvalue weighted by molar-refractivity contribution is 0.205. The van der Waals surface area contributed by atoms with Gasteiger partial charge in [-0.25, -0.2) is 4.39 Å². The van der Waals surface area contributed by atoms with Crippen LogP contribution in [0.15, 0.2) is 18.2 Å². The van der Waals surface area contributed by atoms with E-state index in [2.05, 4.69) is 4.90 Å². The summed E-state index contributed by atoms with van der Waals surface area (Å²) in [5.74, 6) is 0.610. The van der Waals surface area contributed by atoms with Gasteiger partial charge in [-0.2, -0.15) is 0 Å². The van der Waals surface area contributed by atoms with E-state index in [0.717, 1.165) is 24.6 Å². The van der Waals surface area contributed by atoms with E-state index < -0.39 is 0 Å². The van der Waals surface area contributed by atoms with Crippen molar-refractivity contribution in [2.24, 2.45) is 11.7 Å². The van der Waals surface area contributed by atoms with Crippen molar-refractivity contribution in [2.45, 2.75) is 31.8 Å². The maximum absolute atomic E-state index is 13.5. The molecule has 1 aromatic rings. The number of nitrogens with two attached hydrogens (primary N) is 1. The Morgan fingerprint density at radius 3 is 2.83 bits per heavy atom. The van der Waals surface area contributed by atoms with Crippen molar-refractivity contribution < 1.29 is 4.39 Å². The van der Waals surface area contributed by atoms with Gasteiger partial charge in [0.05, 0.1) is 0 Å². The van der Waals surface area contributed by atoms with Crippen LogP contribution in [0, 0.1) is 11.7 Å². The molecule has 0 spiro atoms. The van der Waals surface area contributed by atoms with Gasteiger partial charge in [0.2, 0.25) is 0 Å². The van der Waals surface area contributed by atoms with Crippen LogP contribution in [-0.2, 0) is 6.54 Å². The Hall–Kier alpha value is -1.00. The maximum Gasteiger partial charge on any atom is 0.124 e. The number of piperidine rings is 1. The van der Waals surface area contributed by atoms with E-state index in [0.29, 0.717) is 11.6 Å². The van der Waals surface area contributed by atoms with E-state index in [9.17, 15) is 4.39 Å². The van der Waals surface area contributed by atoms with Gasteiger partial charge in [-0.3, -0.25) is 4.90 Å². The summed E-state index contributed by atoms with van der Waals surface area (Å²) in [5, 5.41) is 0. The number of hydrogen-bond acceptors (Lipinski definition) is 2. The van der Waals surface area contributed by atoms with E-state index in [1.54, 1.807) is 6.07 Å². The summed E-state index contributed by atoms with van der Waals surface area (Å²) >= 11 is 4.91. The summed E-state index contributed by atoms with van der Waals surface area (Å²) in [6.07, 6.45) is 3.97. The summed E-state index contributed by atoms with van der Waals surface area (Å²) in [6.45, 7) is 1.97. The summed E-state index contributed by atoms with van der Waals surface area (Å²) in [6, 6.07) is 5.61. The van der Waals surface area contributed by atoms with E-state index in [1.165, 1.54) is 25.3 Å². The van der Waals surface area contributed by atoms with Crippen molar-refractivity contribution in [1.82, 2.24) is 4.90 Å². The quantitative estimate of drug-likeness (QED) is 0.850. The standard InChI is InChI=1S/C14H17FN2S/c15-12-4-10(3-11(6-12)14(16)18)8-17-7-9-1-2-13(17)5-9/h3-4,6,9,13H,1-2,5,7-8H2,(H2,16,18). The highest BCUT2D eigenvalue weighted by Crippen LogP contribution is 2.38. The number of fused-ring (bicyclic) bond motifs is 2. The first-order valence-corrected chi connectivity index (χ1v) is 6.86. The Balaban J connectivity index is 1.78. The van der Waals surface area contributed by atoms with Crippen molar-refractivity contribution in [3.05, 3.63) is 35.1 Å². The molecule has 1 heterocycles. The predicted molar refractivity (Wildman–Crippen MR) is 73.8 cm³/mol. The largest absolute Gasteiger partial charge is 0.389 e. The Morgan fingerprint density at radius 2 is 2.22 bits per heavy atom. The molecule has 1 aliphatic heterocycles. The molecule has 1 aliphatic carbocycles. The molecular weight excluding hydrogens is 247 g/mol. The van der Waals surface area contributed by atoms with Crippen LogP contribution in [0.5, 0.6) is 0 Å². The van der Waals surface area contributed by atoms with E-state index >= 15 is 0 Å². The first kappa shape index (κ1) is 12.1. The van der Waals surface area contributed by atoms with Gasteiger partial charge in [0.1, 0.15) is 10.8 Å². The van der Waals surface area contributed by atoms with Crippen LogP contribution in [0.4, 0.5) is 4.39 Å². The first-order valence-electron chi connectivity index (χ1n) is 6.45. The normalized spacial score (nSPS) is 26.7. The average Bonchev–Trinajstić information content (AvgIpc) is 2.90. The van der Waals surface area contributed by atoms with Crippen molar-refractivity contribution in [2.75, 3.05) is 6.54 Å². The fraction of sp³-hybridized carbons (Fsp3) is 0.500. The third kappa shape index (κ3) is 2.27.